The van der Waals surface area contributed by atoms with Crippen LogP contribution in [0.15, 0.2) is 70.5 Å². The molecule has 0 N–H and O–H groups in total. The summed E-state index contributed by atoms with van der Waals surface area (Å²) in [6.45, 7) is 8.59. The summed E-state index contributed by atoms with van der Waals surface area (Å²) in [7, 11) is 0. The third-order valence-electron chi connectivity index (χ3n) is 5.78. The highest BCUT2D eigenvalue weighted by atomic mass is 16.2. The molecule has 2 heterocycles. The third-order valence-corrected chi connectivity index (χ3v) is 5.78. The molecule has 2 aromatic heterocycles. The molecule has 0 aliphatic carbocycles. The van der Waals surface area contributed by atoms with E-state index >= 15 is 0 Å². The van der Waals surface area contributed by atoms with Gasteiger partial charge in [-0.05, 0) is 43.9 Å². The highest BCUT2D eigenvalue weighted by Crippen LogP contribution is 2.22. The van der Waals surface area contributed by atoms with Crippen molar-refractivity contribution in [2.75, 3.05) is 0 Å². The summed E-state index contributed by atoms with van der Waals surface area (Å²) in [5.74, 6) is 0.378. The van der Waals surface area contributed by atoms with Gasteiger partial charge in [0, 0.05) is 6.54 Å². The van der Waals surface area contributed by atoms with Gasteiger partial charge in [-0.2, -0.15) is 0 Å². The Balaban J connectivity index is 2.00. The van der Waals surface area contributed by atoms with E-state index in [0.29, 0.717) is 29.3 Å². The number of hydrogen-bond acceptors (Lipinski definition) is 3. The Hall–Kier alpha value is -3.41. The van der Waals surface area contributed by atoms with Crippen molar-refractivity contribution in [2.45, 2.75) is 46.7 Å². The predicted octanol–water partition coefficient (Wildman–Crippen LogP) is 4.31. The molecule has 0 aliphatic rings. The van der Waals surface area contributed by atoms with Crippen molar-refractivity contribution in [2.24, 2.45) is 5.92 Å². The van der Waals surface area contributed by atoms with Crippen molar-refractivity contribution < 1.29 is 0 Å². The van der Waals surface area contributed by atoms with Crippen LogP contribution in [0.1, 0.15) is 44.4 Å². The van der Waals surface area contributed by atoms with Crippen molar-refractivity contribution in [3.05, 3.63) is 92.9 Å². The van der Waals surface area contributed by atoms with Gasteiger partial charge in [-0.1, -0.05) is 61.9 Å². The lowest BCUT2D eigenvalue weighted by Gasteiger charge is -2.17. The van der Waals surface area contributed by atoms with Gasteiger partial charge in [0.25, 0.3) is 5.56 Å². The minimum Gasteiger partial charge on any atom is -0.317 e. The second-order valence-corrected chi connectivity index (χ2v) is 8.50. The van der Waals surface area contributed by atoms with E-state index in [9.17, 15) is 9.59 Å². The summed E-state index contributed by atoms with van der Waals surface area (Å²) < 4.78 is 4.80. The fourth-order valence-electron chi connectivity index (χ4n) is 3.84. The first kappa shape index (κ1) is 20.8. The predicted molar refractivity (Wildman–Crippen MR) is 124 cm³/mol. The van der Waals surface area contributed by atoms with Gasteiger partial charge >= 0.3 is 5.69 Å². The molecule has 31 heavy (non-hydrogen) atoms. The highest BCUT2D eigenvalue weighted by Gasteiger charge is 2.21. The number of fused-ring (bicyclic) bond motifs is 1. The Bertz CT molecular complexity index is 1310. The number of hydrogen-bond donors (Lipinski definition) is 0. The Morgan fingerprint density at radius 1 is 0.935 bits per heavy atom. The molecule has 2 aromatic carbocycles. The lowest BCUT2D eigenvalue weighted by atomic mass is 10.1. The molecule has 0 saturated heterocycles. The van der Waals surface area contributed by atoms with Gasteiger partial charge in [0.2, 0.25) is 0 Å². The number of nitrogens with zero attached hydrogens (tertiary/aromatic N) is 4. The standard InChI is InChI=1S/C25H28N4O2/c1-17(2)14-15-27-24(30)22-23(29(25(27)31)21-12-10-18(3)11-13-21)26-16-28(22)19(4)20-8-6-5-7-9-20/h5-13,16-17,19H,14-15H2,1-4H3/t19-/m1/s1. The summed E-state index contributed by atoms with van der Waals surface area (Å²) in [5, 5.41) is 0. The van der Waals surface area contributed by atoms with Crippen LogP contribution in [0.2, 0.25) is 0 Å². The van der Waals surface area contributed by atoms with E-state index in [0.717, 1.165) is 17.5 Å². The van der Waals surface area contributed by atoms with E-state index in [1.807, 2.05) is 73.0 Å². The zero-order valence-electron chi connectivity index (χ0n) is 18.4. The molecule has 0 aliphatic heterocycles. The molecule has 6 nitrogen and oxygen atoms in total. The SMILES string of the molecule is Cc1ccc(-n2c(=O)n(CCC(C)C)c(=O)c3c2ncn3[C@H](C)c2ccccc2)cc1. The van der Waals surface area contributed by atoms with E-state index in [2.05, 4.69) is 18.8 Å². The van der Waals surface area contributed by atoms with Crippen LogP contribution in [0.5, 0.6) is 0 Å². The molecule has 160 valence electrons. The molecule has 0 unspecified atom stereocenters. The van der Waals surface area contributed by atoms with Crippen LogP contribution in [0, 0.1) is 12.8 Å². The molecule has 1 atom stereocenters. The smallest absolute Gasteiger partial charge is 0.317 e. The van der Waals surface area contributed by atoms with Crippen molar-refractivity contribution >= 4 is 11.2 Å². The molecule has 0 spiro atoms. The van der Waals surface area contributed by atoms with E-state index < -0.39 is 0 Å². The van der Waals surface area contributed by atoms with E-state index in [1.165, 1.54) is 4.57 Å². The Kier molecular flexibility index (Phi) is 5.63. The minimum atomic E-state index is -0.348. The molecule has 4 aromatic rings. The van der Waals surface area contributed by atoms with Crippen molar-refractivity contribution in [3.63, 3.8) is 0 Å². The molecule has 0 saturated carbocycles. The first-order valence-corrected chi connectivity index (χ1v) is 10.7. The maximum atomic E-state index is 13.5. The van der Waals surface area contributed by atoms with Crippen LogP contribution in [-0.4, -0.2) is 18.7 Å². The lowest BCUT2D eigenvalue weighted by Crippen LogP contribution is -2.40. The van der Waals surface area contributed by atoms with E-state index in [-0.39, 0.29) is 17.3 Å². The van der Waals surface area contributed by atoms with Gasteiger partial charge in [-0.25, -0.2) is 14.3 Å². The zero-order chi connectivity index (χ0) is 22.1. The number of aromatic nitrogens is 4. The monoisotopic (exact) mass is 416 g/mol. The fourth-order valence-corrected chi connectivity index (χ4v) is 3.84. The lowest BCUT2D eigenvalue weighted by molar-refractivity contribution is 0.491. The number of rotatable bonds is 6. The first-order chi connectivity index (χ1) is 14.9. The second kappa shape index (κ2) is 8.38. The first-order valence-electron chi connectivity index (χ1n) is 10.7. The number of aryl methyl sites for hydroxylation is 1. The number of imidazole rings is 1. The fraction of sp³-hybridized carbons (Fsp3) is 0.320. The largest absolute Gasteiger partial charge is 0.337 e. The third kappa shape index (κ3) is 3.85. The number of benzene rings is 2. The average molecular weight is 417 g/mol. The van der Waals surface area contributed by atoms with Crippen molar-refractivity contribution in [1.29, 1.82) is 0 Å². The maximum absolute atomic E-state index is 13.5. The van der Waals surface area contributed by atoms with Gasteiger partial charge in [0.1, 0.15) is 0 Å². The normalized spacial score (nSPS) is 12.5. The van der Waals surface area contributed by atoms with Gasteiger partial charge < -0.3 is 4.57 Å². The van der Waals surface area contributed by atoms with Gasteiger partial charge in [0.05, 0.1) is 18.1 Å². The summed E-state index contributed by atoms with van der Waals surface area (Å²) in [5.41, 5.74) is 3.08. The molecule has 0 bridgehead atoms. The Morgan fingerprint density at radius 2 is 1.61 bits per heavy atom. The quantitative estimate of drug-likeness (QED) is 0.470. The molecule has 0 fully saturated rings. The summed E-state index contributed by atoms with van der Waals surface area (Å²) in [6, 6.07) is 17.6. The topological polar surface area (TPSA) is 61.8 Å². The maximum Gasteiger partial charge on any atom is 0.337 e. The van der Waals surface area contributed by atoms with Gasteiger partial charge in [0.15, 0.2) is 11.2 Å². The molecular weight excluding hydrogens is 388 g/mol. The molecule has 0 amide bonds. The summed E-state index contributed by atoms with van der Waals surface area (Å²) in [6.07, 6.45) is 2.41. The van der Waals surface area contributed by atoms with Crippen molar-refractivity contribution in [3.8, 4) is 5.69 Å². The Labute approximate surface area is 181 Å². The zero-order valence-corrected chi connectivity index (χ0v) is 18.4. The van der Waals surface area contributed by atoms with Crippen LogP contribution >= 0.6 is 0 Å². The van der Waals surface area contributed by atoms with E-state index in [1.54, 1.807) is 10.9 Å². The van der Waals surface area contributed by atoms with Crippen LogP contribution in [0.3, 0.4) is 0 Å². The van der Waals surface area contributed by atoms with Crippen LogP contribution in [-0.2, 0) is 6.54 Å². The van der Waals surface area contributed by atoms with Gasteiger partial charge in [-0.15, -0.1) is 0 Å². The molecule has 6 heteroatoms. The van der Waals surface area contributed by atoms with E-state index in [4.69, 9.17) is 0 Å². The van der Waals surface area contributed by atoms with Gasteiger partial charge in [-0.3, -0.25) is 9.36 Å². The Morgan fingerprint density at radius 3 is 2.26 bits per heavy atom. The van der Waals surface area contributed by atoms with Crippen LogP contribution in [0.4, 0.5) is 0 Å². The highest BCUT2D eigenvalue weighted by molar-refractivity contribution is 5.73. The van der Waals surface area contributed by atoms with Crippen LogP contribution < -0.4 is 11.2 Å². The minimum absolute atomic E-state index is 0.0959. The molecular formula is C25H28N4O2. The molecule has 4 rings (SSSR count). The summed E-state index contributed by atoms with van der Waals surface area (Å²) in [4.78, 5) is 31.5. The average Bonchev–Trinajstić information content (AvgIpc) is 3.20. The molecule has 0 radical (unpaired) electrons. The van der Waals surface area contributed by atoms with Crippen LogP contribution in [0.25, 0.3) is 16.9 Å². The second-order valence-electron chi connectivity index (χ2n) is 8.50. The van der Waals surface area contributed by atoms with Crippen molar-refractivity contribution in [1.82, 2.24) is 18.7 Å². The summed E-state index contributed by atoms with van der Waals surface area (Å²) >= 11 is 0.